The van der Waals surface area contributed by atoms with Gasteiger partial charge >= 0.3 is 0 Å². The summed E-state index contributed by atoms with van der Waals surface area (Å²) in [6.07, 6.45) is 48.2. The Morgan fingerprint density at radius 3 is 1.16 bits per heavy atom. The van der Waals surface area contributed by atoms with E-state index >= 15 is 0 Å². The average Bonchev–Trinajstić information content (AvgIpc) is 3.21. The SMILES string of the molecule is CCCCCCCCCCCCCCCCCCCCCCC/C=C/C(=N\c1ccc(CCC)c(CCC)c1)C(/CCCC)=N/c1ccc(CCC)c(CCC)c1.[Ni]. The first kappa shape index (κ1) is 54.0. The molecule has 2 nitrogen and oxygen atoms in total. The van der Waals surface area contributed by atoms with Gasteiger partial charge in [0.25, 0.3) is 0 Å². The molecular formula is C55H92N2Ni. The zero-order valence-electron chi connectivity index (χ0n) is 39.2. The Morgan fingerprint density at radius 1 is 0.397 bits per heavy atom. The molecule has 0 aliphatic carbocycles. The second-order valence-electron chi connectivity index (χ2n) is 17.3. The number of nitrogens with zero attached hydrogens (tertiary/aromatic N) is 2. The van der Waals surface area contributed by atoms with E-state index in [1.807, 2.05) is 0 Å². The molecule has 2 aromatic rings. The maximum atomic E-state index is 5.39. The molecule has 0 aliphatic rings. The molecular weight excluding hydrogens is 747 g/mol. The van der Waals surface area contributed by atoms with Crippen LogP contribution in [-0.2, 0) is 42.2 Å². The first-order chi connectivity index (χ1) is 28.1. The van der Waals surface area contributed by atoms with Crippen LogP contribution >= 0.6 is 0 Å². The zero-order valence-corrected chi connectivity index (χ0v) is 40.2. The third-order valence-electron chi connectivity index (χ3n) is 11.8. The molecule has 0 unspecified atom stereocenters. The third-order valence-corrected chi connectivity index (χ3v) is 11.8. The van der Waals surface area contributed by atoms with Crippen molar-refractivity contribution in [3.8, 4) is 0 Å². The molecule has 0 heterocycles. The minimum Gasteiger partial charge on any atom is -0.251 e. The molecule has 0 atom stereocenters. The largest absolute Gasteiger partial charge is 0.251 e. The van der Waals surface area contributed by atoms with E-state index in [2.05, 4.69) is 90.1 Å². The predicted octanol–water partition coefficient (Wildman–Crippen LogP) is 18.7. The van der Waals surface area contributed by atoms with Crippen LogP contribution in [-0.4, -0.2) is 11.4 Å². The van der Waals surface area contributed by atoms with Crippen molar-refractivity contribution in [1.29, 1.82) is 0 Å². The van der Waals surface area contributed by atoms with Crippen LogP contribution in [0.3, 0.4) is 0 Å². The van der Waals surface area contributed by atoms with Crippen LogP contribution in [0, 0.1) is 0 Å². The van der Waals surface area contributed by atoms with Crippen molar-refractivity contribution < 1.29 is 16.5 Å². The first-order valence-corrected chi connectivity index (χ1v) is 25.2. The molecule has 332 valence electrons. The summed E-state index contributed by atoms with van der Waals surface area (Å²) in [5.74, 6) is 0. The number of benzene rings is 2. The Balaban J connectivity index is 0.0000168. The summed E-state index contributed by atoms with van der Waals surface area (Å²) in [6, 6.07) is 13.9. The van der Waals surface area contributed by atoms with E-state index in [0.717, 1.165) is 87.0 Å². The summed E-state index contributed by atoms with van der Waals surface area (Å²) in [7, 11) is 0. The van der Waals surface area contributed by atoms with Gasteiger partial charge in [0.1, 0.15) is 0 Å². The second-order valence-corrected chi connectivity index (χ2v) is 17.3. The molecule has 2 aromatic carbocycles. The van der Waals surface area contributed by atoms with Gasteiger partial charge in [0.05, 0.1) is 22.8 Å². The molecule has 0 bridgehead atoms. The van der Waals surface area contributed by atoms with E-state index in [-0.39, 0.29) is 16.5 Å². The van der Waals surface area contributed by atoms with Crippen molar-refractivity contribution in [2.45, 2.75) is 253 Å². The molecule has 0 aromatic heterocycles. The van der Waals surface area contributed by atoms with Crippen molar-refractivity contribution >= 4 is 22.8 Å². The first-order valence-electron chi connectivity index (χ1n) is 25.2. The summed E-state index contributed by atoms with van der Waals surface area (Å²) in [6.45, 7) is 13.7. The van der Waals surface area contributed by atoms with Gasteiger partial charge in [-0.05, 0) is 104 Å². The monoisotopic (exact) mass is 839 g/mol. The van der Waals surface area contributed by atoms with Gasteiger partial charge in [0, 0.05) is 16.5 Å². The Bertz CT molecular complexity index is 1350. The van der Waals surface area contributed by atoms with Crippen LogP contribution in [0.5, 0.6) is 0 Å². The quantitative estimate of drug-likeness (QED) is 0.0368. The van der Waals surface area contributed by atoms with Crippen LogP contribution in [0.15, 0.2) is 58.5 Å². The van der Waals surface area contributed by atoms with Gasteiger partial charge in [0.2, 0.25) is 0 Å². The summed E-state index contributed by atoms with van der Waals surface area (Å²) < 4.78 is 0. The van der Waals surface area contributed by atoms with Crippen molar-refractivity contribution in [3.63, 3.8) is 0 Å². The Hall–Kier alpha value is -1.99. The number of hydrogen-bond donors (Lipinski definition) is 0. The van der Waals surface area contributed by atoms with Crippen molar-refractivity contribution in [1.82, 2.24) is 0 Å². The molecule has 0 N–H and O–H groups in total. The Labute approximate surface area is 371 Å². The maximum Gasteiger partial charge on any atom is 0.0848 e. The van der Waals surface area contributed by atoms with Crippen LogP contribution in [0.25, 0.3) is 0 Å². The number of hydrogen-bond acceptors (Lipinski definition) is 2. The van der Waals surface area contributed by atoms with Crippen LogP contribution in [0.1, 0.15) is 250 Å². The molecule has 58 heavy (non-hydrogen) atoms. The Kier molecular flexibility index (Phi) is 35.4. The molecule has 0 saturated carbocycles. The number of aliphatic imine (C=N–C) groups is 2. The number of aryl methyl sites for hydroxylation is 4. The standard InChI is InChI=1S/C55H92N2.Ni/c1-7-13-15-16-17-18-19-20-21-22-23-24-25-26-27-28-29-30-31-32-33-34-35-41-55(57-53-45-43-49(37-10-4)51(47-53)39-12-6)54(40-14-8-2)56-52-44-42-48(36-9-3)50(46-52)38-11-5;/h35,41-47H,7-34,36-40H2,1-6H3;/b41-35+,56-54+,57-55+;. The number of rotatable bonds is 37. The maximum absolute atomic E-state index is 5.39. The minimum absolute atomic E-state index is 0. The van der Waals surface area contributed by atoms with E-state index in [1.165, 1.54) is 170 Å². The van der Waals surface area contributed by atoms with Gasteiger partial charge in [-0.3, -0.25) is 4.99 Å². The Morgan fingerprint density at radius 2 is 0.759 bits per heavy atom. The van der Waals surface area contributed by atoms with Crippen LogP contribution < -0.4 is 0 Å². The molecule has 0 aliphatic heterocycles. The van der Waals surface area contributed by atoms with Gasteiger partial charge < -0.3 is 0 Å². The normalized spacial score (nSPS) is 12.2. The van der Waals surface area contributed by atoms with Crippen LogP contribution in [0.4, 0.5) is 11.4 Å². The van der Waals surface area contributed by atoms with Gasteiger partial charge in [-0.1, -0.05) is 220 Å². The van der Waals surface area contributed by atoms with Crippen molar-refractivity contribution in [3.05, 3.63) is 70.8 Å². The fourth-order valence-electron chi connectivity index (χ4n) is 8.36. The topological polar surface area (TPSA) is 24.7 Å². The van der Waals surface area contributed by atoms with Gasteiger partial charge in [-0.25, -0.2) is 4.99 Å². The number of allylic oxidation sites excluding steroid dienone is 2. The van der Waals surface area contributed by atoms with Crippen molar-refractivity contribution in [2.24, 2.45) is 9.98 Å². The van der Waals surface area contributed by atoms with Gasteiger partial charge in [-0.2, -0.15) is 0 Å². The van der Waals surface area contributed by atoms with Crippen molar-refractivity contribution in [2.75, 3.05) is 0 Å². The molecule has 3 heteroatoms. The summed E-state index contributed by atoms with van der Waals surface area (Å²) in [5, 5.41) is 0. The molecule has 2 rings (SSSR count). The van der Waals surface area contributed by atoms with E-state index in [9.17, 15) is 0 Å². The fraction of sp³-hybridized carbons (Fsp3) is 0.709. The number of unbranched alkanes of at least 4 members (excludes halogenated alkanes) is 22. The molecule has 0 radical (unpaired) electrons. The van der Waals surface area contributed by atoms with E-state index in [1.54, 1.807) is 0 Å². The van der Waals surface area contributed by atoms with Crippen LogP contribution in [0.2, 0.25) is 0 Å². The second kappa shape index (κ2) is 38.0. The smallest absolute Gasteiger partial charge is 0.0848 e. The molecule has 0 spiro atoms. The zero-order chi connectivity index (χ0) is 41.0. The minimum atomic E-state index is 0. The third kappa shape index (κ3) is 25.6. The van der Waals surface area contributed by atoms with Gasteiger partial charge in [0.15, 0.2) is 0 Å². The molecule has 0 amide bonds. The summed E-state index contributed by atoms with van der Waals surface area (Å²) in [5.41, 5.74) is 10.2. The average molecular weight is 840 g/mol. The van der Waals surface area contributed by atoms with E-state index in [0.29, 0.717) is 0 Å². The molecule has 0 saturated heterocycles. The summed E-state index contributed by atoms with van der Waals surface area (Å²) in [4.78, 5) is 10.8. The van der Waals surface area contributed by atoms with E-state index in [4.69, 9.17) is 9.98 Å². The van der Waals surface area contributed by atoms with E-state index < -0.39 is 0 Å². The molecule has 0 fully saturated rings. The predicted molar refractivity (Wildman–Crippen MR) is 259 cm³/mol. The summed E-state index contributed by atoms with van der Waals surface area (Å²) >= 11 is 0. The van der Waals surface area contributed by atoms with Gasteiger partial charge in [-0.15, -0.1) is 0 Å². The fourth-order valence-corrected chi connectivity index (χ4v) is 8.36.